The van der Waals surface area contributed by atoms with Crippen LogP contribution >= 0.6 is 0 Å². The van der Waals surface area contributed by atoms with Gasteiger partial charge in [-0.15, -0.1) is 0 Å². The summed E-state index contributed by atoms with van der Waals surface area (Å²) < 4.78 is 36.6. The van der Waals surface area contributed by atoms with Gasteiger partial charge < -0.3 is 14.8 Å². The fourth-order valence-electron chi connectivity index (χ4n) is 4.50. The van der Waals surface area contributed by atoms with Crippen LogP contribution in [0.3, 0.4) is 0 Å². The molecule has 1 saturated heterocycles. The molecule has 8 nitrogen and oxygen atoms in total. The van der Waals surface area contributed by atoms with Gasteiger partial charge in [0.15, 0.2) is 0 Å². The van der Waals surface area contributed by atoms with E-state index >= 15 is 0 Å². The zero-order valence-electron chi connectivity index (χ0n) is 19.8. The molecule has 0 spiro atoms. The second kappa shape index (κ2) is 10.8. The van der Waals surface area contributed by atoms with Crippen LogP contribution in [-0.4, -0.2) is 71.5 Å². The smallest absolute Gasteiger partial charge is 0.251 e. The van der Waals surface area contributed by atoms with Crippen molar-refractivity contribution in [3.05, 3.63) is 59.2 Å². The van der Waals surface area contributed by atoms with E-state index in [4.69, 9.17) is 9.47 Å². The molecule has 2 aliphatic rings. The highest BCUT2D eigenvalue weighted by Crippen LogP contribution is 2.30. The SMILES string of the molecule is CN(CCOc1cccc(CNC(=O)c2ccc3c(c2)CCN3S(C)(=O)=O)c1)C1CCOCC1. The zero-order valence-corrected chi connectivity index (χ0v) is 20.6. The zero-order chi connectivity index (χ0) is 24.1. The highest BCUT2D eigenvalue weighted by molar-refractivity contribution is 7.92. The number of fused-ring (bicyclic) bond motifs is 1. The summed E-state index contributed by atoms with van der Waals surface area (Å²) in [4.78, 5) is 15.0. The lowest BCUT2D eigenvalue weighted by Gasteiger charge is -2.31. The van der Waals surface area contributed by atoms with Crippen LogP contribution < -0.4 is 14.4 Å². The Hall–Kier alpha value is -2.62. The number of carbonyl (C=O) groups excluding carboxylic acids is 1. The van der Waals surface area contributed by atoms with Gasteiger partial charge in [0.25, 0.3) is 5.91 Å². The van der Waals surface area contributed by atoms with Gasteiger partial charge in [-0.25, -0.2) is 8.42 Å². The number of hydrogen-bond donors (Lipinski definition) is 1. The Morgan fingerprint density at radius 1 is 1.21 bits per heavy atom. The Bertz CT molecular complexity index is 1120. The van der Waals surface area contributed by atoms with Crippen molar-refractivity contribution in [2.24, 2.45) is 0 Å². The summed E-state index contributed by atoms with van der Waals surface area (Å²) in [5.41, 5.74) is 3.01. The predicted octanol–water partition coefficient (Wildman–Crippen LogP) is 2.43. The molecule has 9 heteroatoms. The second-order valence-corrected chi connectivity index (χ2v) is 10.8. The van der Waals surface area contributed by atoms with Gasteiger partial charge in [-0.1, -0.05) is 12.1 Å². The number of anilines is 1. The first kappa shape index (κ1) is 24.5. The molecular weight excluding hydrogens is 454 g/mol. The number of sulfonamides is 1. The van der Waals surface area contributed by atoms with Gasteiger partial charge in [0.2, 0.25) is 10.0 Å². The fraction of sp³-hybridized carbons (Fsp3) is 0.480. The molecular formula is C25H33N3O5S. The summed E-state index contributed by atoms with van der Waals surface area (Å²) in [5.74, 6) is 0.593. The monoisotopic (exact) mass is 487 g/mol. The third-order valence-corrected chi connectivity index (χ3v) is 7.65. The molecule has 0 saturated carbocycles. The number of amides is 1. The topological polar surface area (TPSA) is 88.2 Å². The Kier molecular flexibility index (Phi) is 7.75. The normalized spacial score (nSPS) is 16.5. The molecule has 0 atom stereocenters. The first-order valence-electron chi connectivity index (χ1n) is 11.7. The Balaban J connectivity index is 1.28. The fourth-order valence-corrected chi connectivity index (χ4v) is 5.46. The predicted molar refractivity (Wildman–Crippen MR) is 132 cm³/mol. The molecule has 2 aromatic rings. The lowest BCUT2D eigenvalue weighted by Crippen LogP contribution is -2.38. The number of ether oxygens (including phenoxy) is 2. The summed E-state index contributed by atoms with van der Waals surface area (Å²) in [6.07, 6.45) is 3.93. The standard InChI is InChI=1S/C25H33N3O5S/c1-27(22-9-13-32-14-10-22)12-15-33-23-5-3-4-19(16-23)18-26-25(29)21-6-7-24-20(17-21)8-11-28(24)34(2,30)31/h3-7,16-17,22H,8-15,18H2,1-2H3,(H,26,29). The van der Waals surface area contributed by atoms with Gasteiger partial charge in [-0.3, -0.25) is 14.0 Å². The van der Waals surface area contributed by atoms with Crippen molar-refractivity contribution >= 4 is 21.6 Å². The molecule has 0 aliphatic carbocycles. The molecule has 4 rings (SSSR count). The Morgan fingerprint density at radius 3 is 2.76 bits per heavy atom. The van der Waals surface area contributed by atoms with Crippen LogP contribution in [-0.2, 0) is 27.7 Å². The van der Waals surface area contributed by atoms with Gasteiger partial charge >= 0.3 is 0 Å². The van der Waals surface area contributed by atoms with E-state index in [1.807, 2.05) is 24.3 Å². The number of nitrogens with one attached hydrogen (secondary N) is 1. The van der Waals surface area contributed by atoms with Crippen LogP contribution in [0.15, 0.2) is 42.5 Å². The quantitative estimate of drug-likeness (QED) is 0.585. The van der Waals surface area contributed by atoms with Gasteiger partial charge in [0.05, 0.1) is 11.9 Å². The molecule has 1 amide bonds. The maximum absolute atomic E-state index is 12.7. The van der Waals surface area contributed by atoms with Crippen LogP contribution in [0.1, 0.15) is 34.3 Å². The van der Waals surface area contributed by atoms with E-state index in [2.05, 4.69) is 17.3 Å². The largest absolute Gasteiger partial charge is 0.492 e. The average Bonchev–Trinajstić information content (AvgIpc) is 3.27. The maximum atomic E-state index is 12.7. The highest BCUT2D eigenvalue weighted by atomic mass is 32.2. The lowest BCUT2D eigenvalue weighted by atomic mass is 10.1. The van der Waals surface area contributed by atoms with Crippen LogP contribution in [0.2, 0.25) is 0 Å². The third kappa shape index (κ3) is 6.08. The van der Waals surface area contributed by atoms with Crippen LogP contribution in [0.5, 0.6) is 5.75 Å². The number of nitrogens with zero attached hydrogens (tertiary/aromatic N) is 2. The minimum atomic E-state index is -3.30. The number of benzene rings is 2. The molecule has 2 aliphatic heterocycles. The van der Waals surface area contributed by atoms with E-state index in [0.29, 0.717) is 43.4 Å². The summed E-state index contributed by atoms with van der Waals surface area (Å²) in [7, 11) is -1.18. The van der Waals surface area contributed by atoms with Crippen LogP contribution in [0.25, 0.3) is 0 Å². The van der Waals surface area contributed by atoms with E-state index in [1.165, 1.54) is 10.6 Å². The van der Waals surface area contributed by atoms with E-state index in [-0.39, 0.29) is 5.91 Å². The Morgan fingerprint density at radius 2 is 2.00 bits per heavy atom. The molecule has 1 fully saturated rings. The minimum Gasteiger partial charge on any atom is -0.492 e. The molecule has 0 bridgehead atoms. The molecule has 2 heterocycles. The first-order valence-corrected chi connectivity index (χ1v) is 13.5. The van der Waals surface area contributed by atoms with Crippen molar-refractivity contribution < 1.29 is 22.7 Å². The first-order chi connectivity index (χ1) is 16.3. The maximum Gasteiger partial charge on any atom is 0.251 e. The number of carbonyl (C=O) groups is 1. The van der Waals surface area contributed by atoms with E-state index in [1.54, 1.807) is 18.2 Å². The molecule has 2 aromatic carbocycles. The molecule has 0 radical (unpaired) electrons. The van der Waals surface area contributed by atoms with Gasteiger partial charge in [-0.2, -0.15) is 0 Å². The number of likely N-dealkylation sites (N-methyl/N-ethyl adjacent to an activating group) is 1. The number of hydrogen-bond acceptors (Lipinski definition) is 6. The third-order valence-electron chi connectivity index (χ3n) is 6.47. The number of rotatable bonds is 9. The van der Waals surface area contributed by atoms with Crippen molar-refractivity contribution in [3.8, 4) is 5.75 Å². The summed E-state index contributed by atoms with van der Waals surface area (Å²) in [6.45, 7) is 3.90. The highest BCUT2D eigenvalue weighted by Gasteiger charge is 2.26. The van der Waals surface area contributed by atoms with Crippen molar-refractivity contribution in [3.63, 3.8) is 0 Å². The molecule has 0 unspecified atom stereocenters. The van der Waals surface area contributed by atoms with Crippen molar-refractivity contribution in [2.45, 2.75) is 31.8 Å². The minimum absolute atomic E-state index is 0.190. The van der Waals surface area contributed by atoms with Crippen molar-refractivity contribution in [1.82, 2.24) is 10.2 Å². The van der Waals surface area contributed by atoms with Gasteiger partial charge in [0.1, 0.15) is 12.4 Å². The average molecular weight is 488 g/mol. The Labute approximate surface area is 201 Å². The van der Waals surface area contributed by atoms with Crippen molar-refractivity contribution in [2.75, 3.05) is 50.5 Å². The molecule has 0 aromatic heterocycles. The molecule has 184 valence electrons. The summed E-state index contributed by atoms with van der Waals surface area (Å²) >= 11 is 0. The van der Waals surface area contributed by atoms with Crippen LogP contribution in [0, 0.1) is 0 Å². The van der Waals surface area contributed by atoms with E-state index in [9.17, 15) is 13.2 Å². The molecule has 1 N–H and O–H groups in total. The summed E-state index contributed by atoms with van der Waals surface area (Å²) in [5, 5.41) is 2.95. The lowest BCUT2D eigenvalue weighted by molar-refractivity contribution is 0.0392. The van der Waals surface area contributed by atoms with E-state index in [0.717, 1.165) is 49.5 Å². The molecule has 34 heavy (non-hydrogen) atoms. The summed E-state index contributed by atoms with van der Waals surface area (Å²) in [6, 6.07) is 13.5. The van der Waals surface area contributed by atoms with Crippen LogP contribution in [0.4, 0.5) is 5.69 Å². The van der Waals surface area contributed by atoms with Crippen molar-refractivity contribution in [1.29, 1.82) is 0 Å². The van der Waals surface area contributed by atoms with E-state index < -0.39 is 10.0 Å². The second-order valence-electron chi connectivity index (χ2n) is 8.93. The van der Waals surface area contributed by atoms with Gasteiger partial charge in [0, 0.05) is 44.5 Å². The van der Waals surface area contributed by atoms with Gasteiger partial charge in [-0.05, 0) is 67.8 Å².